The lowest BCUT2D eigenvalue weighted by atomic mass is 10.1. The third-order valence-electron chi connectivity index (χ3n) is 4.61. The SMILES string of the molecule is O=c1[nH]ncc(N2CCc3c(nnn3Cc3ccccc3C(F)F)C2)c1Cl. The molecule has 3 aromatic rings. The molecule has 0 bridgehead atoms. The minimum atomic E-state index is -2.54. The van der Waals surface area contributed by atoms with Crippen LogP contribution in [0.1, 0.15) is 28.9 Å². The summed E-state index contributed by atoms with van der Waals surface area (Å²) in [7, 11) is 0. The number of aromatic nitrogens is 5. The zero-order valence-electron chi connectivity index (χ0n) is 14.1. The van der Waals surface area contributed by atoms with Crippen molar-refractivity contribution in [3.8, 4) is 0 Å². The first-order chi connectivity index (χ1) is 13.0. The zero-order valence-corrected chi connectivity index (χ0v) is 14.8. The number of nitrogens with one attached hydrogen (secondary N) is 1. The first kappa shape index (κ1) is 17.6. The summed E-state index contributed by atoms with van der Waals surface area (Å²) in [4.78, 5) is 13.6. The maximum atomic E-state index is 13.2. The van der Waals surface area contributed by atoms with Crippen molar-refractivity contribution >= 4 is 17.3 Å². The van der Waals surface area contributed by atoms with E-state index in [0.717, 1.165) is 11.4 Å². The highest BCUT2D eigenvalue weighted by molar-refractivity contribution is 6.32. The quantitative estimate of drug-likeness (QED) is 0.738. The summed E-state index contributed by atoms with van der Waals surface area (Å²) in [6, 6.07) is 6.42. The van der Waals surface area contributed by atoms with Crippen molar-refractivity contribution < 1.29 is 8.78 Å². The Balaban J connectivity index is 1.59. The van der Waals surface area contributed by atoms with Gasteiger partial charge in [0, 0.05) is 18.5 Å². The lowest BCUT2D eigenvalue weighted by molar-refractivity contribution is 0.150. The Bertz CT molecular complexity index is 1030. The van der Waals surface area contributed by atoms with Gasteiger partial charge in [-0.1, -0.05) is 41.1 Å². The molecule has 1 aromatic carbocycles. The highest BCUT2D eigenvalue weighted by atomic mass is 35.5. The molecule has 10 heteroatoms. The van der Waals surface area contributed by atoms with Gasteiger partial charge in [0.1, 0.15) is 10.7 Å². The number of alkyl halides is 2. The summed E-state index contributed by atoms with van der Waals surface area (Å²) in [5, 5.41) is 14.5. The van der Waals surface area contributed by atoms with Crippen LogP contribution < -0.4 is 10.5 Å². The van der Waals surface area contributed by atoms with E-state index in [-0.39, 0.29) is 17.1 Å². The fourth-order valence-electron chi connectivity index (χ4n) is 3.25. The molecule has 140 valence electrons. The third kappa shape index (κ3) is 3.30. The molecule has 0 amide bonds. The van der Waals surface area contributed by atoms with E-state index in [1.54, 1.807) is 22.9 Å². The molecule has 0 saturated carbocycles. The smallest absolute Gasteiger partial charge is 0.285 e. The van der Waals surface area contributed by atoms with Crippen LogP contribution in [0.15, 0.2) is 35.3 Å². The molecule has 1 N–H and O–H groups in total. The molecular formula is C17H15ClF2N6O. The Labute approximate surface area is 157 Å². The van der Waals surface area contributed by atoms with Crippen molar-refractivity contribution in [1.29, 1.82) is 0 Å². The second-order valence-electron chi connectivity index (χ2n) is 6.21. The van der Waals surface area contributed by atoms with Gasteiger partial charge < -0.3 is 4.90 Å². The standard InChI is InChI=1S/C17H15ClF2N6O/c18-15-14(7-21-23-17(15)27)25-6-5-13-12(9-25)22-24-26(13)8-10-3-1-2-4-11(10)16(19)20/h1-4,7,16H,5-6,8-9H2,(H,23,27). The summed E-state index contributed by atoms with van der Waals surface area (Å²) in [6.45, 7) is 1.23. The van der Waals surface area contributed by atoms with E-state index in [1.165, 1.54) is 12.3 Å². The number of fused-ring (bicyclic) bond motifs is 1. The van der Waals surface area contributed by atoms with Crippen molar-refractivity contribution in [1.82, 2.24) is 25.2 Å². The minimum Gasteiger partial charge on any atom is -0.362 e. The molecular weight excluding hydrogens is 378 g/mol. The predicted molar refractivity (Wildman–Crippen MR) is 95.1 cm³/mol. The molecule has 0 aliphatic carbocycles. The summed E-state index contributed by atoms with van der Waals surface area (Å²) in [5.74, 6) is 0. The Morgan fingerprint density at radius 2 is 2.11 bits per heavy atom. The van der Waals surface area contributed by atoms with Crippen LogP contribution in [0.2, 0.25) is 5.02 Å². The minimum absolute atomic E-state index is 0.000512. The molecule has 1 aliphatic rings. The van der Waals surface area contributed by atoms with Gasteiger partial charge in [-0.3, -0.25) is 4.79 Å². The van der Waals surface area contributed by atoms with Crippen molar-refractivity contribution in [2.45, 2.75) is 25.9 Å². The normalized spacial score (nSPS) is 13.9. The number of rotatable bonds is 4. The molecule has 2 aromatic heterocycles. The molecule has 1 aliphatic heterocycles. The van der Waals surface area contributed by atoms with Gasteiger partial charge in [-0.25, -0.2) is 18.6 Å². The number of H-pyrrole nitrogens is 1. The molecule has 0 saturated heterocycles. The van der Waals surface area contributed by atoms with Crippen LogP contribution in [0.4, 0.5) is 14.5 Å². The average molecular weight is 393 g/mol. The van der Waals surface area contributed by atoms with Gasteiger partial charge >= 0.3 is 0 Å². The lowest BCUT2D eigenvalue weighted by Crippen LogP contribution is -2.32. The number of halogens is 3. The molecule has 4 rings (SSSR count). The van der Waals surface area contributed by atoms with Crippen LogP contribution in [0, 0.1) is 0 Å². The Hall–Kier alpha value is -2.81. The maximum Gasteiger partial charge on any atom is 0.285 e. The average Bonchev–Trinajstić information content (AvgIpc) is 3.06. The second kappa shape index (κ2) is 7.07. The third-order valence-corrected chi connectivity index (χ3v) is 4.97. The maximum absolute atomic E-state index is 13.2. The molecule has 0 fully saturated rings. The molecule has 0 spiro atoms. The summed E-state index contributed by atoms with van der Waals surface area (Å²) in [5.41, 5.74) is 2.22. The van der Waals surface area contributed by atoms with Gasteiger partial charge in [-0.15, -0.1) is 5.10 Å². The van der Waals surface area contributed by atoms with Gasteiger partial charge in [0.2, 0.25) is 0 Å². The Morgan fingerprint density at radius 1 is 1.30 bits per heavy atom. The molecule has 0 atom stereocenters. The number of benzene rings is 1. The largest absolute Gasteiger partial charge is 0.362 e. The van der Waals surface area contributed by atoms with Crippen LogP contribution in [-0.2, 0) is 19.5 Å². The van der Waals surface area contributed by atoms with Crippen LogP contribution in [-0.4, -0.2) is 31.7 Å². The van der Waals surface area contributed by atoms with E-state index in [4.69, 9.17) is 11.6 Å². The summed E-state index contributed by atoms with van der Waals surface area (Å²) < 4.78 is 28.1. The second-order valence-corrected chi connectivity index (χ2v) is 6.59. The van der Waals surface area contributed by atoms with Crippen molar-refractivity contribution in [3.05, 3.63) is 68.4 Å². The van der Waals surface area contributed by atoms with E-state index >= 15 is 0 Å². The molecule has 3 heterocycles. The van der Waals surface area contributed by atoms with Crippen molar-refractivity contribution in [3.63, 3.8) is 0 Å². The first-order valence-corrected chi connectivity index (χ1v) is 8.67. The van der Waals surface area contributed by atoms with E-state index in [9.17, 15) is 13.6 Å². The summed E-state index contributed by atoms with van der Waals surface area (Å²) in [6.07, 6.45) is -0.442. The monoisotopic (exact) mass is 392 g/mol. The fourth-order valence-corrected chi connectivity index (χ4v) is 3.46. The van der Waals surface area contributed by atoms with Crippen LogP contribution in [0.25, 0.3) is 0 Å². The number of hydrogen-bond donors (Lipinski definition) is 1. The van der Waals surface area contributed by atoms with E-state index in [2.05, 4.69) is 20.5 Å². The van der Waals surface area contributed by atoms with E-state index in [1.807, 2.05) is 4.90 Å². The Kier molecular flexibility index (Phi) is 4.61. The summed E-state index contributed by atoms with van der Waals surface area (Å²) >= 11 is 6.08. The molecule has 7 nitrogen and oxygen atoms in total. The van der Waals surface area contributed by atoms with Crippen molar-refractivity contribution in [2.75, 3.05) is 11.4 Å². The zero-order chi connectivity index (χ0) is 19.0. The van der Waals surface area contributed by atoms with Gasteiger partial charge in [0.05, 0.1) is 30.7 Å². The topological polar surface area (TPSA) is 79.7 Å². The lowest BCUT2D eigenvalue weighted by Gasteiger charge is -2.28. The van der Waals surface area contributed by atoms with E-state index < -0.39 is 12.0 Å². The number of nitrogens with zero attached hydrogens (tertiary/aromatic N) is 5. The highest BCUT2D eigenvalue weighted by Gasteiger charge is 2.25. The van der Waals surface area contributed by atoms with Gasteiger partial charge in [-0.05, 0) is 5.56 Å². The Morgan fingerprint density at radius 3 is 2.93 bits per heavy atom. The van der Waals surface area contributed by atoms with Crippen LogP contribution in [0.3, 0.4) is 0 Å². The van der Waals surface area contributed by atoms with Gasteiger partial charge in [0.25, 0.3) is 12.0 Å². The van der Waals surface area contributed by atoms with E-state index in [0.29, 0.717) is 30.8 Å². The van der Waals surface area contributed by atoms with Gasteiger partial charge in [-0.2, -0.15) is 5.10 Å². The first-order valence-electron chi connectivity index (χ1n) is 8.30. The number of anilines is 1. The number of aromatic amines is 1. The highest BCUT2D eigenvalue weighted by Crippen LogP contribution is 2.28. The van der Waals surface area contributed by atoms with Crippen LogP contribution in [0.5, 0.6) is 0 Å². The van der Waals surface area contributed by atoms with Crippen LogP contribution >= 0.6 is 11.6 Å². The number of hydrogen-bond acceptors (Lipinski definition) is 5. The molecule has 0 radical (unpaired) electrons. The van der Waals surface area contributed by atoms with Crippen molar-refractivity contribution in [2.24, 2.45) is 0 Å². The molecule has 27 heavy (non-hydrogen) atoms. The van der Waals surface area contributed by atoms with Gasteiger partial charge in [0.15, 0.2) is 0 Å². The fraction of sp³-hybridized carbons (Fsp3) is 0.294. The predicted octanol–water partition coefficient (Wildman–Crippen LogP) is 2.56. The molecule has 0 unspecified atom stereocenters.